The molecule has 0 radical (unpaired) electrons. The van der Waals surface area contributed by atoms with Crippen LogP contribution in [0.2, 0.25) is 0 Å². The first-order chi connectivity index (χ1) is 7.74. The van der Waals surface area contributed by atoms with Crippen LogP contribution in [0.3, 0.4) is 0 Å². The summed E-state index contributed by atoms with van der Waals surface area (Å²) in [7, 11) is 0. The Balaban J connectivity index is 2.55. The van der Waals surface area contributed by atoms with Gasteiger partial charge in [0.2, 0.25) is 0 Å². The lowest BCUT2D eigenvalue weighted by atomic mass is 10.2. The van der Waals surface area contributed by atoms with E-state index in [-0.39, 0.29) is 0 Å². The Morgan fingerprint density at radius 1 is 1.19 bits per heavy atom. The molecule has 0 aliphatic heterocycles. The molecular weight excluding hydrogens is 218 g/mol. The van der Waals surface area contributed by atoms with E-state index in [1.54, 1.807) is 0 Å². The molecular formula is C14H20ClN. The number of hydrogen-bond donors (Lipinski definition) is 0. The van der Waals surface area contributed by atoms with E-state index < -0.39 is 0 Å². The SMILES string of the molecule is CC(C)N(C/C=C/CCl)Cc1ccccc1. The quantitative estimate of drug-likeness (QED) is 0.539. The summed E-state index contributed by atoms with van der Waals surface area (Å²) < 4.78 is 0. The summed E-state index contributed by atoms with van der Waals surface area (Å²) in [5.41, 5.74) is 1.36. The average Bonchev–Trinajstić information content (AvgIpc) is 2.29. The topological polar surface area (TPSA) is 3.24 Å². The molecule has 0 aliphatic carbocycles. The Morgan fingerprint density at radius 2 is 1.88 bits per heavy atom. The summed E-state index contributed by atoms with van der Waals surface area (Å²) in [5.74, 6) is 0.595. The van der Waals surface area contributed by atoms with E-state index in [0.29, 0.717) is 11.9 Å². The number of rotatable bonds is 6. The van der Waals surface area contributed by atoms with Crippen LogP contribution < -0.4 is 0 Å². The number of allylic oxidation sites excluding steroid dienone is 1. The van der Waals surface area contributed by atoms with E-state index in [4.69, 9.17) is 11.6 Å². The molecule has 0 spiro atoms. The van der Waals surface area contributed by atoms with Gasteiger partial charge in [-0.1, -0.05) is 42.5 Å². The van der Waals surface area contributed by atoms with Crippen LogP contribution in [0.25, 0.3) is 0 Å². The molecule has 0 atom stereocenters. The molecule has 88 valence electrons. The molecule has 2 heteroatoms. The lowest BCUT2D eigenvalue weighted by Crippen LogP contribution is -2.30. The number of nitrogens with zero attached hydrogens (tertiary/aromatic N) is 1. The van der Waals surface area contributed by atoms with Crippen molar-refractivity contribution in [3.05, 3.63) is 48.0 Å². The molecule has 0 unspecified atom stereocenters. The van der Waals surface area contributed by atoms with Gasteiger partial charge < -0.3 is 0 Å². The summed E-state index contributed by atoms with van der Waals surface area (Å²) in [5, 5.41) is 0. The highest BCUT2D eigenvalue weighted by molar-refractivity contribution is 6.18. The molecule has 1 aromatic rings. The van der Waals surface area contributed by atoms with E-state index in [0.717, 1.165) is 13.1 Å². The van der Waals surface area contributed by atoms with Gasteiger partial charge in [0.15, 0.2) is 0 Å². The van der Waals surface area contributed by atoms with Gasteiger partial charge in [-0.25, -0.2) is 0 Å². The third kappa shape index (κ3) is 4.82. The predicted molar refractivity (Wildman–Crippen MR) is 71.8 cm³/mol. The highest BCUT2D eigenvalue weighted by Gasteiger charge is 2.07. The summed E-state index contributed by atoms with van der Waals surface area (Å²) in [6, 6.07) is 11.1. The van der Waals surface area contributed by atoms with Gasteiger partial charge in [0.1, 0.15) is 0 Å². The molecule has 0 bridgehead atoms. The van der Waals surface area contributed by atoms with E-state index >= 15 is 0 Å². The average molecular weight is 238 g/mol. The standard InChI is InChI=1S/C14H20ClN/c1-13(2)16(11-7-6-10-15)12-14-8-4-3-5-9-14/h3-9,13H,10-12H2,1-2H3/b7-6+. The lowest BCUT2D eigenvalue weighted by Gasteiger charge is -2.25. The molecule has 0 fully saturated rings. The largest absolute Gasteiger partial charge is 0.293 e. The number of halogens is 1. The number of benzene rings is 1. The zero-order chi connectivity index (χ0) is 11.8. The molecule has 1 rings (SSSR count). The fraction of sp³-hybridized carbons (Fsp3) is 0.429. The highest BCUT2D eigenvalue weighted by atomic mass is 35.5. The second-order valence-corrected chi connectivity index (χ2v) is 4.44. The fourth-order valence-corrected chi connectivity index (χ4v) is 1.67. The Labute approximate surface area is 104 Å². The second-order valence-electron chi connectivity index (χ2n) is 4.13. The van der Waals surface area contributed by atoms with Gasteiger partial charge in [-0.3, -0.25) is 4.90 Å². The first kappa shape index (κ1) is 13.3. The maximum atomic E-state index is 5.62. The Hall–Kier alpha value is -0.790. The van der Waals surface area contributed by atoms with Gasteiger partial charge >= 0.3 is 0 Å². The van der Waals surface area contributed by atoms with E-state index in [1.807, 2.05) is 6.08 Å². The molecule has 16 heavy (non-hydrogen) atoms. The molecule has 0 aromatic heterocycles. The van der Waals surface area contributed by atoms with Crippen LogP contribution in [0.4, 0.5) is 0 Å². The van der Waals surface area contributed by atoms with Gasteiger partial charge in [0, 0.05) is 25.0 Å². The summed E-state index contributed by atoms with van der Waals surface area (Å²) in [6.45, 7) is 6.39. The summed E-state index contributed by atoms with van der Waals surface area (Å²) in [6.07, 6.45) is 4.14. The minimum Gasteiger partial charge on any atom is -0.293 e. The van der Waals surface area contributed by atoms with Crippen LogP contribution in [-0.4, -0.2) is 23.4 Å². The second kappa shape index (κ2) is 7.48. The van der Waals surface area contributed by atoms with Crippen molar-refractivity contribution in [3.8, 4) is 0 Å². The molecule has 0 aliphatic rings. The Bertz CT molecular complexity index is 306. The molecule has 0 saturated heterocycles. The Kier molecular flexibility index (Phi) is 6.20. The number of alkyl halides is 1. The van der Waals surface area contributed by atoms with Crippen molar-refractivity contribution in [1.82, 2.24) is 4.90 Å². The first-order valence-electron chi connectivity index (χ1n) is 5.73. The number of hydrogen-bond acceptors (Lipinski definition) is 1. The minimum atomic E-state index is 0.542. The summed E-state index contributed by atoms with van der Waals surface area (Å²) in [4.78, 5) is 2.42. The normalized spacial score (nSPS) is 11.8. The lowest BCUT2D eigenvalue weighted by molar-refractivity contribution is 0.237. The third-order valence-corrected chi connectivity index (χ3v) is 2.73. The first-order valence-corrected chi connectivity index (χ1v) is 6.26. The van der Waals surface area contributed by atoms with Crippen LogP contribution in [0.5, 0.6) is 0 Å². The predicted octanol–water partition coefficient (Wildman–Crippen LogP) is 3.69. The van der Waals surface area contributed by atoms with Crippen LogP contribution in [0, 0.1) is 0 Å². The zero-order valence-electron chi connectivity index (χ0n) is 10.1. The van der Waals surface area contributed by atoms with Crippen LogP contribution >= 0.6 is 11.6 Å². The van der Waals surface area contributed by atoms with Gasteiger partial charge in [-0.2, -0.15) is 0 Å². The van der Waals surface area contributed by atoms with E-state index in [1.165, 1.54) is 5.56 Å². The van der Waals surface area contributed by atoms with Crippen molar-refractivity contribution in [2.75, 3.05) is 12.4 Å². The fourth-order valence-electron chi connectivity index (χ4n) is 1.55. The monoisotopic (exact) mass is 237 g/mol. The van der Waals surface area contributed by atoms with Crippen molar-refractivity contribution < 1.29 is 0 Å². The van der Waals surface area contributed by atoms with Crippen molar-refractivity contribution in [3.63, 3.8) is 0 Å². The molecule has 0 saturated carbocycles. The third-order valence-electron chi connectivity index (χ3n) is 2.55. The maximum absolute atomic E-state index is 5.62. The molecule has 1 aromatic carbocycles. The molecule has 1 nitrogen and oxygen atoms in total. The van der Waals surface area contributed by atoms with Crippen LogP contribution in [-0.2, 0) is 6.54 Å². The van der Waals surface area contributed by atoms with Gasteiger partial charge in [0.25, 0.3) is 0 Å². The smallest absolute Gasteiger partial charge is 0.0404 e. The van der Waals surface area contributed by atoms with Crippen LogP contribution in [0.1, 0.15) is 19.4 Å². The molecule has 0 amide bonds. The van der Waals surface area contributed by atoms with E-state index in [9.17, 15) is 0 Å². The minimum absolute atomic E-state index is 0.542. The van der Waals surface area contributed by atoms with Crippen molar-refractivity contribution >= 4 is 11.6 Å². The van der Waals surface area contributed by atoms with Gasteiger partial charge in [-0.15, -0.1) is 11.6 Å². The van der Waals surface area contributed by atoms with Crippen molar-refractivity contribution in [2.45, 2.75) is 26.4 Å². The Morgan fingerprint density at radius 3 is 2.44 bits per heavy atom. The van der Waals surface area contributed by atoms with Crippen molar-refractivity contribution in [1.29, 1.82) is 0 Å². The maximum Gasteiger partial charge on any atom is 0.0404 e. The van der Waals surface area contributed by atoms with Gasteiger partial charge in [-0.05, 0) is 19.4 Å². The molecule has 0 heterocycles. The van der Waals surface area contributed by atoms with Crippen molar-refractivity contribution in [2.24, 2.45) is 0 Å². The van der Waals surface area contributed by atoms with Crippen LogP contribution in [0.15, 0.2) is 42.5 Å². The molecule has 0 N–H and O–H groups in total. The van der Waals surface area contributed by atoms with Gasteiger partial charge in [0.05, 0.1) is 0 Å². The highest BCUT2D eigenvalue weighted by Crippen LogP contribution is 2.07. The van der Waals surface area contributed by atoms with E-state index in [2.05, 4.69) is 55.2 Å². The zero-order valence-corrected chi connectivity index (χ0v) is 10.8. The summed E-state index contributed by atoms with van der Waals surface area (Å²) >= 11 is 5.62.